The molecule has 2 aromatic rings. The van der Waals surface area contributed by atoms with Crippen LogP contribution in [0, 0.1) is 3.57 Å². The molecular weight excluding hydrogens is 387 g/mol. The number of esters is 2. The molecule has 0 heterocycles. The number of carbonyl (C=O) groups is 3. The average Bonchev–Trinajstić information content (AvgIpc) is 2.47. The summed E-state index contributed by atoms with van der Waals surface area (Å²) in [5.41, 5.74) is 0.471. The van der Waals surface area contributed by atoms with Crippen molar-refractivity contribution in [2.75, 3.05) is 0 Å². The zero-order valence-electron chi connectivity index (χ0n) is 10.6. The molecule has 2 rings (SSSR count). The normalized spacial score (nSPS) is 9.95. The maximum atomic E-state index is 11.9. The van der Waals surface area contributed by atoms with Crippen molar-refractivity contribution in [1.82, 2.24) is 0 Å². The van der Waals surface area contributed by atoms with Gasteiger partial charge in [-0.15, -0.1) is 0 Å². The molecule has 0 spiro atoms. The van der Waals surface area contributed by atoms with Gasteiger partial charge in [0.1, 0.15) is 0 Å². The molecule has 0 unspecified atom stereocenters. The molecule has 0 saturated heterocycles. The Kier molecular flexibility index (Phi) is 4.69. The number of hydrogen-bond donors (Lipinski definition) is 1. The number of carboxylic acids is 1. The lowest BCUT2D eigenvalue weighted by Crippen LogP contribution is -2.14. The molecule has 1 N–H and O–H groups in total. The molecule has 5 nitrogen and oxygen atoms in total. The van der Waals surface area contributed by atoms with Crippen molar-refractivity contribution >= 4 is 40.5 Å². The number of rotatable bonds is 3. The molecule has 2 aromatic carbocycles. The van der Waals surface area contributed by atoms with Crippen molar-refractivity contribution in [2.24, 2.45) is 0 Å². The smallest absolute Gasteiger partial charge is 0.347 e. The van der Waals surface area contributed by atoms with Gasteiger partial charge in [0.05, 0.1) is 16.7 Å². The Labute approximate surface area is 133 Å². The molecule has 106 valence electrons. The second-order valence-electron chi connectivity index (χ2n) is 4.04. The van der Waals surface area contributed by atoms with Crippen molar-refractivity contribution in [3.8, 4) is 0 Å². The van der Waals surface area contributed by atoms with Gasteiger partial charge in [0, 0.05) is 3.57 Å². The van der Waals surface area contributed by atoms with E-state index in [1.54, 1.807) is 18.2 Å². The number of ether oxygens (including phenoxy) is 1. The Hall–Kier alpha value is -2.22. The van der Waals surface area contributed by atoms with Gasteiger partial charge in [-0.3, -0.25) is 0 Å². The topological polar surface area (TPSA) is 80.7 Å². The molecule has 0 aromatic heterocycles. The zero-order valence-corrected chi connectivity index (χ0v) is 12.7. The summed E-state index contributed by atoms with van der Waals surface area (Å²) in [5, 5.41) is 8.86. The van der Waals surface area contributed by atoms with Crippen molar-refractivity contribution in [3.05, 3.63) is 68.8 Å². The van der Waals surface area contributed by atoms with Gasteiger partial charge in [-0.1, -0.05) is 18.2 Å². The number of carboxylic acid groups (broad SMARTS) is 1. The maximum Gasteiger partial charge on any atom is 0.347 e. The van der Waals surface area contributed by atoms with Gasteiger partial charge in [0.15, 0.2) is 0 Å². The lowest BCUT2D eigenvalue weighted by atomic mass is 10.1. The number of aromatic carboxylic acids is 1. The van der Waals surface area contributed by atoms with E-state index in [4.69, 9.17) is 9.84 Å². The van der Waals surface area contributed by atoms with Gasteiger partial charge < -0.3 is 9.84 Å². The fourth-order valence-corrected chi connectivity index (χ4v) is 2.32. The van der Waals surface area contributed by atoms with Crippen LogP contribution in [0.1, 0.15) is 31.1 Å². The zero-order chi connectivity index (χ0) is 15.4. The van der Waals surface area contributed by atoms with Crippen molar-refractivity contribution < 1.29 is 24.2 Å². The molecule has 21 heavy (non-hydrogen) atoms. The van der Waals surface area contributed by atoms with Gasteiger partial charge in [0.25, 0.3) is 0 Å². The van der Waals surface area contributed by atoms with E-state index in [2.05, 4.69) is 0 Å². The third-order valence-corrected chi connectivity index (χ3v) is 3.52. The minimum absolute atomic E-state index is 0.0605. The van der Waals surface area contributed by atoms with E-state index in [-0.39, 0.29) is 16.7 Å². The van der Waals surface area contributed by atoms with E-state index in [1.807, 2.05) is 22.6 Å². The molecule has 0 aliphatic rings. The summed E-state index contributed by atoms with van der Waals surface area (Å²) >= 11 is 1.82. The number of carbonyl (C=O) groups excluding carboxylic acids is 2. The molecule has 0 bridgehead atoms. The second-order valence-corrected chi connectivity index (χ2v) is 5.20. The Balaban J connectivity index is 2.18. The van der Waals surface area contributed by atoms with Crippen molar-refractivity contribution in [1.29, 1.82) is 0 Å². The molecular formula is C15H9IO5. The molecule has 0 amide bonds. The summed E-state index contributed by atoms with van der Waals surface area (Å²) in [7, 11) is 0. The van der Waals surface area contributed by atoms with Crippen LogP contribution in [0.25, 0.3) is 0 Å². The van der Waals surface area contributed by atoms with Crippen molar-refractivity contribution in [2.45, 2.75) is 0 Å². The van der Waals surface area contributed by atoms with Gasteiger partial charge in [-0.05, 0) is 52.9 Å². The lowest BCUT2D eigenvalue weighted by Gasteiger charge is -2.05. The van der Waals surface area contributed by atoms with E-state index < -0.39 is 17.9 Å². The van der Waals surface area contributed by atoms with Crippen LogP contribution in [0.4, 0.5) is 0 Å². The molecule has 6 heteroatoms. The average molecular weight is 396 g/mol. The van der Waals surface area contributed by atoms with E-state index in [9.17, 15) is 14.4 Å². The summed E-state index contributed by atoms with van der Waals surface area (Å²) in [6.45, 7) is 0. The standard InChI is InChI=1S/C15H9IO5/c16-12-8-10(13(17)18)6-7-11(12)15(20)21-14(19)9-4-2-1-3-5-9/h1-8H,(H,17,18). The van der Waals surface area contributed by atoms with E-state index in [1.165, 1.54) is 30.3 Å². The predicted octanol–water partition coefficient (Wildman–Crippen LogP) is 2.99. The van der Waals surface area contributed by atoms with Gasteiger partial charge in [-0.25, -0.2) is 14.4 Å². The van der Waals surface area contributed by atoms with Gasteiger partial charge in [-0.2, -0.15) is 0 Å². The van der Waals surface area contributed by atoms with Crippen LogP contribution in [0.15, 0.2) is 48.5 Å². The first kappa shape index (κ1) is 15.2. The van der Waals surface area contributed by atoms with Crippen LogP contribution in [-0.4, -0.2) is 23.0 Å². The Morgan fingerprint density at radius 3 is 2.14 bits per heavy atom. The monoisotopic (exact) mass is 396 g/mol. The molecule has 0 fully saturated rings. The predicted molar refractivity (Wildman–Crippen MR) is 82.3 cm³/mol. The molecule has 0 atom stereocenters. The summed E-state index contributed by atoms with van der Waals surface area (Å²) in [6.07, 6.45) is 0. The van der Waals surface area contributed by atoms with Crippen LogP contribution in [-0.2, 0) is 4.74 Å². The minimum atomic E-state index is -1.09. The summed E-state index contributed by atoms with van der Waals surface area (Å²) < 4.78 is 5.17. The highest BCUT2D eigenvalue weighted by atomic mass is 127. The van der Waals surface area contributed by atoms with Crippen LogP contribution in [0.3, 0.4) is 0 Å². The minimum Gasteiger partial charge on any atom is -0.478 e. The maximum absolute atomic E-state index is 11.9. The quantitative estimate of drug-likeness (QED) is 0.490. The van der Waals surface area contributed by atoms with Crippen LogP contribution in [0.2, 0.25) is 0 Å². The lowest BCUT2D eigenvalue weighted by molar-refractivity contribution is 0.0396. The second kappa shape index (κ2) is 6.49. The Morgan fingerprint density at radius 2 is 1.57 bits per heavy atom. The third-order valence-electron chi connectivity index (χ3n) is 2.63. The third kappa shape index (κ3) is 3.66. The van der Waals surface area contributed by atoms with E-state index in [0.29, 0.717) is 3.57 Å². The summed E-state index contributed by atoms with van der Waals surface area (Å²) in [4.78, 5) is 34.5. The number of hydrogen-bond acceptors (Lipinski definition) is 4. The first-order chi connectivity index (χ1) is 9.99. The number of benzene rings is 2. The fraction of sp³-hybridized carbons (Fsp3) is 0. The largest absolute Gasteiger partial charge is 0.478 e. The Bertz CT molecular complexity index is 709. The van der Waals surface area contributed by atoms with E-state index >= 15 is 0 Å². The molecule has 0 aliphatic heterocycles. The van der Waals surface area contributed by atoms with Gasteiger partial charge in [0.2, 0.25) is 0 Å². The highest BCUT2D eigenvalue weighted by molar-refractivity contribution is 14.1. The highest BCUT2D eigenvalue weighted by Crippen LogP contribution is 2.16. The fourth-order valence-electron chi connectivity index (χ4n) is 1.59. The highest BCUT2D eigenvalue weighted by Gasteiger charge is 2.18. The van der Waals surface area contributed by atoms with Crippen molar-refractivity contribution in [3.63, 3.8) is 0 Å². The molecule has 0 radical (unpaired) electrons. The Morgan fingerprint density at radius 1 is 0.905 bits per heavy atom. The van der Waals surface area contributed by atoms with Crippen LogP contribution in [0.5, 0.6) is 0 Å². The SMILES string of the molecule is O=C(O)c1ccc(C(=O)OC(=O)c2ccccc2)c(I)c1. The van der Waals surface area contributed by atoms with Crippen LogP contribution < -0.4 is 0 Å². The first-order valence-corrected chi connectivity index (χ1v) is 6.91. The molecule has 0 aliphatic carbocycles. The summed E-state index contributed by atoms with van der Waals surface area (Å²) in [6, 6.07) is 12.1. The van der Waals surface area contributed by atoms with Crippen LogP contribution >= 0.6 is 22.6 Å². The van der Waals surface area contributed by atoms with Gasteiger partial charge >= 0.3 is 17.9 Å². The van der Waals surface area contributed by atoms with E-state index in [0.717, 1.165) is 0 Å². The molecule has 0 saturated carbocycles. The first-order valence-electron chi connectivity index (χ1n) is 5.83. The summed E-state index contributed by atoms with van der Waals surface area (Å²) in [5.74, 6) is -2.66. The number of halogens is 1.